The van der Waals surface area contributed by atoms with Crippen LogP contribution in [0.4, 0.5) is 10.5 Å². The number of nitro benzene ring substituents is 1. The average Bonchev–Trinajstić information content (AvgIpc) is 2.65. The molecule has 0 aliphatic rings. The minimum Gasteiger partial charge on any atom is -0.444 e. The lowest BCUT2D eigenvalue weighted by Gasteiger charge is -2.19. The predicted octanol–water partition coefficient (Wildman–Crippen LogP) is 0.965. The van der Waals surface area contributed by atoms with Gasteiger partial charge in [-0.15, -0.1) is 0 Å². The molecule has 2 amide bonds. The van der Waals surface area contributed by atoms with Crippen LogP contribution in [0.3, 0.4) is 0 Å². The van der Waals surface area contributed by atoms with E-state index in [-0.39, 0.29) is 31.8 Å². The lowest BCUT2D eigenvalue weighted by atomic mass is 10.1. The fraction of sp³-hybridized carbons (Fsp3) is 0.526. The van der Waals surface area contributed by atoms with Crippen molar-refractivity contribution in [3.05, 3.63) is 34.4 Å². The van der Waals surface area contributed by atoms with Crippen LogP contribution in [0.25, 0.3) is 0 Å². The number of ether oxygens (including phenoxy) is 1. The maximum absolute atomic E-state index is 12.2. The summed E-state index contributed by atoms with van der Waals surface area (Å²) in [7, 11) is -4.70. The summed E-state index contributed by atoms with van der Waals surface area (Å²) >= 11 is 0. The van der Waals surface area contributed by atoms with Gasteiger partial charge in [-0.1, -0.05) is 12.1 Å². The quantitative estimate of drug-likeness (QED) is 0.229. The molecule has 0 heterocycles. The highest BCUT2D eigenvalue weighted by atomic mass is 32.2. The van der Waals surface area contributed by atoms with E-state index in [0.29, 0.717) is 0 Å². The molecule has 0 aromatic heterocycles. The van der Waals surface area contributed by atoms with E-state index in [0.717, 1.165) is 12.1 Å². The van der Waals surface area contributed by atoms with E-state index in [9.17, 15) is 32.9 Å². The Balaban J connectivity index is 2.39. The number of amides is 2. The minimum atomic E-state index is -4.70. The van der Waals surface area contributed by atoms with Crippen LogP contribution in [0.1, 0.15) is 40.0 Å². The molecule has 1 aromatic carbocycles. The van der Waals surface area contributed by atoms with Gasteiger partial charge in [-0.3, -0.25) is 19.7 Å². The van der Waals surface area contributed by atoms with E-state index in [1.165, 1.54) is 12.1 Å². The summed E-state index contributed by atoms with van der Waals surface area (Å²) in [5.74, 6) is -1.56. The molecule has 0 aliphatic carbocycles. The normalized spacial score (nSPS) is 12.4. The second-order valence-corrected chi connectivity index (χ2v) is 9.43. The number of hydrogen-bond donors (Lipinski definition) is 3. The lowest BCUT2D eigenvalue weighted by molar-refractivity contribution is -0.387. The molecule has 0 saturated carbocycles. The molecule has 1 aromatic rings. The Hall–Kier alpha value is -3.26. The first kappa shape index (κ1) is 27.8. The highest BCUT2D eigenvalue weighted by Crippen LogP contribution is 2.25. The average molecular weight is 489 g/mol. The third kappa shape index (κ3) is 10.7. The predicted molar refractivity (Wildman–Crippen MR) is 115 cm³/mol. The van der Waals surface area contributed by atoms with Crippen molar-refractivity contribution in [2.45, 2.75) is 56.6 Å². The Kier molecular flexibility index (Phi) is 10.2. The van der Waals surface area contributed by atoms with E-state index in [1.807, 2.05) is 0 Å². The van der Waals surface area contributed by atoms with Gasteiger partial charge < -0.3 is 25.3 Å². The van der Waals surface area contributed by atoms with Crippen LogP contribution in [0.2, 0.25) is 0 Å². The molecule has 1 rings (SSSR count). The number of nitrogens with one attached hydrogen (secondary N) is 2. The molecule has 33 heavy (non-hydrogen) atoms. The van der Waals surface area contributed by atoms with Crippen molar-refractivity contribution < 1.29 is 36.6 Å². The van der Waals surface area contributed by atoms with Gasteiger partial charge in [-0.25, -0.2) is 4.79 Å². The zero-order valence-electron chi connectivity index (χ0n) is 18.5. The standard InChI is InChI=1S/C19H28N4O9S/c1-19(2,3)31-18(26)22-11-9-16(24)21-10-8-13(20)12-17(25)32-33(29,30)15-7-5-4-6-14(15)23(27)28/h4-7,13H,8-12,20H2,1-3H3,(H,21,24)(H,22,26). The van der Waals surface area contributed by atoms with E-state index in [2.05, 4.69) is 14.8 Å². The van der Waals surface area contributed by atoms with Gasteiger partial charge in [0.15, 0.2) is 4.90 Å². The van der Waals surface area contributed by atoms with Crippen LogP contribution in [0, 0.1) is 10.1 Å². The number of nitrogens with two attached hydrogens (primary N) is 1. The summed E-state index contributed by atoms with van der Waals surface area (Å²) in [6.07, 6.45) is -1.02. The molecule has 14 heteroatoms. The molecule has 0 radical (unpaired) electrons. The third-order valence-corrected chi connectivity index (χ3v) is 5.11. The molecule has 1 atom stereocenters. The van der Waals surface area contributed by atoms with Gasteiger partial charge in [0.1, 0.15) is 5.60 Å². The monoisotopic (exact) mass is 488 g/mol. The van der Waals surface area contributed by atoms with Gasteiger partial charge >= 0.3 is 22.2 Å². The summed E-state index contributed by atoms with van der Waals surface area (Å²) < 4.78 is 33.9. The number of carbonyl (C=O) groups is 3. The van der Waals surface area contributed by atoms with Crippen LogP contribution in [-0.2, 0) is 28.6 Å². The zero-order chi connectivity index (χ0) is 25.2. The molecule has 1 unspecified atom stereocenters. The topological polar surface area (TPSA) is 197 Å². The number of hydrogen-bond acceptors (Lipinski definition) is 10. The first-order valence-corrected chi connectivity index (χ1v) is 11.3. The Labute approximate surface area is 191 Å². The Bertz CT molecular complexity index is 974. The number of para-hydroxylation sites is 1. The minimum absolute atomic E-state index is 0.00930. The third-order valence-electron chi connectivity index (χ3n) is 3.82. The zero-order valence-corrected chi connectivity index (χ0v) is 19.3. The number of benzene rings is 1. The van der Waals surface area contributed by atoms with Crippen molar-refractivity contribution in [1.29, 1.82) is 0 Å². The van der Waals surface area contributed by atoms with E-state index in [1.54, 1.807) is 20.8 Å². The van der Waals surface area contributed by atoms with E-state index >= 15 is 0 Å². The van der Waals surface area contributed by atoms with Crippen LogP contribution in [0.15, 0.2) is 29.2 Å². The molecule has 0 bridgehead atoms. The summed E-state index contributed by atoms with van der Waals surface area (Å²) in [6.45, 7) is 5.27. The number of carbonyl (C=O) groups excluding carboxylic acids is 3. The lowest BCUT2D eigenvalue weighted by Crippen LogP contribution is -2.36. The first-order valence-electron chi connectivity index (χ1n) is 9.91. The fourth-order valence-electron chi connectivity index (χ4n) is 2.41. The molecule has 0 fully saturated rings. The van der Waals surface area contributed by atoms with Crippen molar-refractivity contribution in [2.75, 3.05) is 13.1 Å². The SMILES string of the molecule is CC(C)(C)OC(=O)NCCC(=O)NCCC(N)CC(=O)OS(=O)(=O)c1ccccc1[N+](=O)[O-]. The smallest absolute Gasteiger partial charge is 0.407 e. The van der Waals surface area contributed by atoms with E-state index < -0.39 is 55.8 Å². The summed E-state index contributed by atoms with van der Waals surface area (Å²) in [5.41, 5.74) is 4.39. The van der Waals surface area contributed by atoms with Gasteiger partial charge in [0.25, 0.3) is 5.69 Å². The van der Waals surface area contributed by atoms with Crippen LogP contribution in [0.5, 0.6) is 0 Å². The second-order valence-electron chi connectivity index (χ2n) is 7.92. The summed E-state index contributed by atoms with van der Waals surface area (Å²) in [5, 5.41) is 16.0. The molecule has 0 saturated heterocycles. The van der Waals surface area contributed by atoms with Crippen molar-refractivity contribution in [3.8, 4) is 0 Å². The molecule has 4 N–H and O–H groups in total. The molecule has 13 nitrogen and oxygen atoms in total. The van der Waals surface area contributed by atoms with Crippen molar-refractivity contribution in [2.24, 2.45) is 5.73 Å². The number of rotatable bonds is 11. The van der Waals surface area contributed by atoms with Gasteiger partial charge in [-0.05, 0) is 33.3 Å². The van der Waals surface area contributed by atoms with Crippen LogP contribution >= 0.6 is 0 Å². The van der Waals surface area contributed by atoms with Gasteiger partial charge in [0.05, 0.1) is 11.3 Å². The van der Waals surface area contributed by atoms with E-state index in [4.69, 9.17) is 10.5 Å². The summed E-state index contributed by atoms with van der Waals surface area (Å²) in [6, 6.07) is 3.62. The largest absolute Gasteiger partial charge is 0.444 e. The maximum atomic E-state index is 12.2. The van der Waals surface area contributed by atoms with Crippen LogP contribution < -0.4 is 16.4 Å². The number of alkyl carbamates (subject to hydrolysis) is 1. The van der Waals surface area contributed by atoms with Gasteiger partial charge in [0, 0.05) is 31.6 Å². The first-order chi connectivity index (χ1) is 15.2. The Morgan fingerprint density at radius 1 is 1.15 bits per heavy atom. The van der Waals surface area contributed by atoms with Gasteiger partial charge in [0.2, 0.25) is 5.91 Å². The highest BCUT2D eigenvalue weighted by Gasteiger charge is 2.29. The van der Waals surface area contributed by atoms with Crippen molar-refractivity contribution in [1.82, 2.24) is 10.6 Å². The maximum Gasteiger partial charge on any atom is 0.407 e. The Morgan fingerprint density at radius 2 is 1.79 bits per heavy atom. The van der Waals surface area contributed by atoms with Gasteiger partial charge in [-0.2, -0.15) is 8.42 Å². The highest BCUT2D eigenvalue weighted by molar-refractivity contribution is 7.87. The summed E-state index contributed by atoms with van der Waals surface area (Å²) in [4.78, 5) is 44.5. The van der Waals surface area contributed by atoms with Crippen molar-refractivity contribution in [3.63, 3.8) is 0 Å². The Morgan fingerprint density at radius 3 is 2.39 bits per heavy atom. The fourth-order valence-corrected chi connectivity index (χ4v) is 3.46. The van der Waals surface area contributed by atoms with Crippen LogP contribution in [-0.4, -0.2) is 56.0 Å². The number of nitro groups is 1. The molecular weight excluding hydrogens is 460 g/mol. The molecule has 184 valence electrons. The molecule has 0 spiro atoms. The number of nitrogens with zero attached hydrogens (tertiary/aromatic N) is 1. The molecule has 0 aliphatic heterocycles. The second kappa shape index (κ2) is 12.1. The van der Waals surface area contributed by atoms with Crippen molar-refractivity contribution >= 4 is 33.8 Å². The molecular formula is C19H28N4O9S.